The van der Waals surface area contributed by atoms with E-state index in [0.717, 1.165) is 92.7 Å². The third kappa shape index (κ3) is 7.46. The van der Waals surface area contributed by atoms with Crippen molar-refractivity contribution >= 4 is 17.2 Å². The van der Waals surface area contributed by atoms with E-state index < -0.39 is 12.5 Å². The Morgan fingerprint density at radius 1 is 1.29 bits per heavy atom. The van der Waals surface area contributed by atoms with E-state index in [9.17, 15) is 13.6 Å². The summed E-state index contributed by atoms with van der Waals surface area (Å²) >= 11 is 1.40. The minimum Gasteiger partial charge on any atom is -0.464 e. The molecule has 1 fully saturated rings. The van der Waals surface area contributed by atoms with Crippen LogP contribution >= 0.6 is 11.3 Å². The van der Waals surface area contributed by atoms with Gasteiger partial charge in [-0.25, -0.2) is 13.8 Å². The Bertz CT molecular complexity index is 976. The van der Waals surface area contributed by atoms with Crippen LogP contribution < -0.4 is 10.1 Å². The third-order valence-corrected chi connectivity index (χ3v) is 8.15. The number of nitrogens with one attached hydrogen (secondary N) is 1. The van der Waals surface area contributed by atoms with Crippen LogP contribution in [0.15, 0.2) is 4.52 Å². The van der Waals surface area contributed by atoms with E-state index in [1.165, 1.54) is 11.3 Å². The lowest BCUT2D eigenvalue weighted by Crippen LogP contribution is -2.38. The number of carbonyl (C=O) groups is 1. The molecule has 0 bridgehead atoms. The first-order valence-corrected chi connectivity index (χ1v) is 13.4. The van der Waals surface area contributed by atoms with Crippen molar-refractivity contribution in [3.05, 3.63) is 27.6 Å². The number of ether oxygens (including phenoxy) is 1. The Kier molecular flexibility index (Phi) is 8.42. The van der Waals surface area contributed by atoms with Crippen LogP contribution in [0.2, 0.25) is 0 Å². The molecule has 1 N–H and O–H groups in total. The maximum Gasteiger partial charge on any atom is 0.278 e. The van der Waals surface area contributed by atoms with Gasteiger partial charge in [0.05, 0.1) is 11.4 Å². The number of amides is 1. The van der Waals surface area contributed by atoms with Crippen LogP contribution in [-0.4, -0.2) is 52.6 Å². The van der Waals surface area contributed by atoms with Gasteiger partial charge in [-0.2, -0.15) is 0 Å². The number of aromatic nitrogens is 2. The number of alkyl halides is 2. The third-order valence-electron chi connectivity index (χ3n) is 7.08. The second-order valence-corrected chi connectivity index (χ2v) is 11.2. The van der Waals surface area contributed by atoms with Gasteiger partial charge in [0.15, 0.2) is 6.61 Å². The van der Waals surface area contributed by atoms with E-state index in [1.54, 1.807) is 0 Å². The summed E-state index contributed by atoms with van der Waals surface area (Å²) in [6.07, 6.45) is 7.48. The lowest BCUT2D eigenvalue weighted by Gasteiger charge is -2.32. The zero-order valence-electron chi connectivity index (χ0n) is 20.9. The van der Waals surface area contributed by atoms with Gasteiger partial charge >= 0.3 is 0 Å². The SMILES string of the molecule is Cc1noc(C)c1CCC(=O)NC1CCC(CCN2CCc3sc(OCC(C)(F)F)nc3C2)CC1. The summed E-state index contributed by atoms with van der Waals surface area (Å²) in [6, 6.07) is 0.268. The molecule has 194 valence electrons. The van der Waals surface area contributed by atoms with Crippen molar-refractivity contribution in [1.29, 1.82) is 0 Å². The second kappa shape index (κ2) is 11.3. The molecule has 0 spiro atoms. The summed E-state index contributed by atoms with van der Waals surface area (Å²) in [6.45, 7) is 6.76. The minimum atomic E-state index is -2.85. The van der Waals surface area contributed by atoms with Gasteiger partial charge in [-0.05, 0) is 71.3 Å². The van der Waals surface area contributed by atoms with Crippen molar-refractivity contribution in [3.63, 3.8) is 0 Å². The Labute approximate surface area is 209 Å². The lowest BCUT2D eigenvalue weighted by atomic mass is 9.84. The number of thiazole rings is 1. The van der Waals surface area contributed by atoms with Gasteiger partial charge < -0.3 is 14.6 Å². The van der Waals surface area contributed by atoms with Crippen LogP contribution in [-0.2, 0) is 24.2 Å². The number of hydrogen-bond donors (Lipinski definition) is 1. The molecular weight excluding hydrogens is 474 g/mol. The Hall–Kier alpha value is -2.07. The highest BCUT2D eigenvalue weighted by molar-refractivity contribution is 7.13. The molecule has 35 heavy (non-hydrogen) atoms. The normalized spacial score (nSPS) is 21.1. The zero-order chi connectivity index (χ0) is 25.0. The van der Waals surface area contributed by atoms with Crippen LogP contribution in [0, 0.1) is 19.8 Å². The van der Waals surface area contributed by atoms with Gasteiger partial charge in [-0.1, -0.05) is 16.5 Å². The summed E-state index contributed by atoms with van der Waals surface area (Å²) in [7, 11) is 0. The van der Waals surface area contributed by atoms with Crippen molar-refractivity contribution in [2.45, 2.75) is 90.6 Å². The Morgan fingerprint density at radius 3 is 2.74 bits per heavy atom. The highest BCUT2D eigenvalue weighted by atomic mass is 32.1. The van der Waals surface area contributed by atoms with Crippen molar-refractivity contribution < 1.29 is 22.8 Å². The zero-order valence-corrected chi connectivity index (χ0v) is 21.7. The molecule has 7 nitrogen and oxygen atoms in total. The van der Waals surface area contributed by atoms with Crippen LogP contribution in [0.25, 0.3) is 0 Å². The Morgan fingerprint density at radius 2 is 2.06 bits per heavy atom. The molecule has 0 aromatic carbocycles. The van der Waals surface area contributed by atoms with Crippen molar-refractivity contribution in [3.8, 4) is 5.19 Å². The minimum absolute atomic E-state index is 0.104. The average Bonchev–Trinajstić information content (AvgIpc) is 3.37. The molecule has 0 atom stereocenters. The molecule has 1 amide bonds. The van der Waals surface area contributed by atoms with Gasteiger partial charge in [0.1, 0.15) is 5.76 Å². The fourth-order valence-electron chi connectivity index (χ4n) is 5.03. The molecule has 2 aliphatic rings. The highest BCUT2D eigenvalue weighted by Gasteiger charge is 2.27. The predicted octanol–water partition coefficient (Wildman–Crippen LogP) is 4.84. The molecule has 3 heterocycles. The summed E-state index contributed by atoms with van der Waals surface area (Å²) < 4.78 is 36.5. The predicted molar refractivity (Wildman–Crippen MR) is 130 cm³/mol. The topological polar surface area (TPSA) is 80.5 Å². The summed E-state index contributed by atoms with van der Waals surface area (Å²) in [5, 5.41) is 7.52. The smallest absolute Gasteiger partial charge is 0.278 e. The van der Waals surface area contributed by atoms with E-state index in [2.05, 4.69) is 20.4 Å². The maximum absolute atomic E-state index is 13.0. The number of nitrogens with zero attached hydrogens (tertiary/aromatic N) is 3. The first kappa shape index (κ1) is 26.0. The monoisotopic (exact) mass is 510 g/mol. The standard InChI is InChI=1S/C25H36F2N4O3S/c1-16-20(17(2)34-30-16)8-9-23(32)28-19-6-4-18(5-7-19)10-12-31-13-11-22-21(14-31)29-24(35-22)33-15-25(3,26)27/h18-19H,4-15H2,1-3H3,(H,28,32). The molecule has 2 aromatic heterocycles. The fraction of sp³-hybridized carbons (Fsp3) is 0.720. The average molecular weight is 511 g/mol. The molecular formula is C25H36F2N4O3S. The molecule has 0 unspecified atom stereocenters. The van der Waals surface area contributed by atoms with Gasteiger partial charge in [0.2, 0.25) is 5.91 Å². The number of carbonyl (C=O) groups excluding carboxylic acids is 1. The van der Waals surface area contributed by atoms with Gasteiger partial charge in [-0.15, -0.1) is 0 Å². The summed E-state index contributed by atoms with van der Waals surface area (Å²) in [4.78, 5) is 20.4. The Balaban J connectivity index is 1.13. The molecule has 1 saturated carbocycles. The number of aryl methyl sites for hydroxylation is 2. The van der Waals surface area contributed by atoms with E-state index in [0.29, 0.717) is 24.0 Å². The quantitative estimate of drug-likeness (QED) is 0.493. The first-order valence-electron chi connectivity index (χ1n) is 12.6. The molecule has 2 aromatic rings. The van der Waals surface area contributed by atoms with E-state index in [4.69, 9.17) is 9.26 Å². The molecule has 10 heteroatoms. The molecule has 4 rings (SSSR count). The molecule has 0 radical (unpaired) electrons. The first-order chi connectivity index (χ1) is 16.7. The number of hydrogen-bond acceptors (Lipinski definition) is 7. The summed E-state index contributed by atoms with van der Waals surface area (Å²) in [5.41, 5.74) is 2.88. The summed E-state index contributed by atoms with van der Waals surface area (Å²) in [5.74, 6) is -1.28. The highest BCUT2D eigenvalue weighted by Crippen LogP contribution is 2.32. The fourth-order valence-corrected chi connectivity index (χ4v) is 5.93. The van der Waals surface area contributed by atoms with Crippen molar-refractivity contribution in [1.82, 2.24) is 20.4 Å². The van der Waals surface area contributed by atoms with E-state index >= 15 is 0 Å². The van der Waals surface area contributed by atoms with Crippen LogP contribution in [0.4, 0.5) is 8.78 Å². The maximum atomic E-state index is 13.0. The van der Waals surface area contributed by atoms with E-state index in [1.807, 2.05) is 13.8 Å². The lowest BCUT2D eigenvalue weighted by molar-refractivity contribution is -0.122. The van der Waals surface area contributed by atoms with E-state index in [-0.39, 0.29) is 11.9 Å². The molecule has 1 aliphatic carbocycles. The number of rotatable bonds is 10. The van der Waals surface area contributed by atoms with Crippen molar-refractivity contribution in [2.24, 2.45) is 5.92 Å². The van der Waals surface area contributed by atoms with Gasteiger partial charge in [0, 0.05) is 42.9 Å². The number of halogens is 2. The van der Waals surface area contributed by atoms with Gasteiger partial charge in [0.25, 0.3) is 11.1 Å². The van der Waals surface area contributed by atoms with Crippen molar-refractivity contribution in [2.75, 3.05) is 19.7 Å². The second-order valence-electron chi connectivity index (χ2n) is 10.1. The van der Waals surface area contributed by atoms with Crippen LogP contribution in [0.3, 0.4) is 0 Å². The molecule has 0 saturated heterocycles. The largest absolute Gasteiger partial charge is 0.464 e. The van der Waals surface area contributed by atoms with Crippen LogP contribution in [0.5, 0.6) is 5.19 Å². The van der Waals surface area contributed by atoms with Gasteiger partial charge in [-0.3, -0.25) is 9.69 Å². The van der Waals surface area contributed by atoms with Crippen LogP contribution in [0.1, 0.15) is 73.0 Å². The number of fused-ring (bicyclic) bond motifs is 1. The molecule has 1 aliphatic heterocycles.